The lowest BCUT2D eigenvalue weighted by molar-refractivity contribution is 0.698. The minimum atomic E-state index is 0.787. The van der Waals surface area contributed by atoms with Gasteiger partial charge in [-0.05, 0) is 35.6 Å². The summed E-state index contributed by atoms with van der Waals surface area (Å²) in [6.07, 6.45) is 3.01. The van der Waals surface area contributed by atoms with Crippen molar-refractivity contribution in [3.63, 3.8) is 0 Å². The molecule has 0 saturated carbocycles. The Hall–Kier alpha value is -1.65. The van der Waals surface area contributed by atoms with E-state index in [0.717, 1.165) is 23.4 Å². The lowest BCUT2D eigenvalue weighted by atomic mass is 10.1. The van der Waals surface area contributed by atoms with Crippen molar-refractivity contribution in [1.29, 1.82) is 0 Å². The molecule has 2 aromatic heterocycles. The number of nitrogens with zero attached hydrogens (tertiary/aromatic N) is 1. The van der Waals surface area contributed by atoms with E-state index in [1.807, 2.05) is 12.3 Å². The highest BCUT2D eigenvalue weighted by Crippen LogP contribution is 2.20. The topological polar surface area (TPSA) is 20.7 Å². The molecule has 0 spiro atoms. The first-order valence-electron chi connectivity index (χ1n) is 6.20. The van der Waals surface area contributed by atoms with Crippen LogP contribution in [0.2, 0.25) is 0 Å². The second kappa shape index (κ2) is 5.55. The van der Waals surface area contributed by atoms with E-state index in [0.29, 0.717) is 0 Å². The molecule has 2 nitrogen and oxygen atoms in total. The van der Waals surface area contributed by atoms with Gasteiger partial charge in [-0.15, -0.1) is 11.3 Å². The van der Waals surface area contributed by atoms with Gasteiger partial charge in [0.15, 0.2) is 4.77 Å². The van der Waals surface area contributed by atoms with Crippen LogP contribution in [0.3, 0.4) is 0 Å². The largest absolute Gasteiger partial charge is 0.337 e. The summed E-state index contributed by atoms with van der Waals surface area (Å²) in [5, 5.41) is 2.11. The van der Waals surface area contributed by atoms with Crippen LogP contribution in [0.15, 0.2) is 54.0 Å². The van der Waals surface area contributed by atoms with Crippen LogP contribution in [-0.2, 0) is 13.0 Å². The second-order valence-corrected chi connectivity index (χ2v) is 5.75. The molecule has 0 aliphatic carbocycles. The molecule has 0 unspecified atom stereocenters. The minimum Gasteiger partial charge on any atom is -0.337 e. The molecule has 3 aromatic rings. The van der Waals surface area contributed by atoms with Crippen molar-refractivity contribution in [3.05, 3.63) is 63.7 Å². The van der Waals surface area contributed by atoms with E-state index in [-0.39, 0.29) is 0 Å². The van der Waals surface area contributed by atoms with Crippen molar-refractivity contribution in [2.75, 3.05) is 0 Å². The van der Waals surface area contributed by atoms with Gasteiger partial charge in [0, 0.05) is 17.6 Å². The van der Waals surface area contributed by atoms with Crippen LogP contribution in [0.4, 0.5) is 0 Å². The average Bonchev–Trinajstić information content (AvgIpc) is 3.07. The smallest absolute Gasteiger partial charge is 0.177 e. The molecule has 4 heteroatoms. The van der Waals surface area contributed by atoms with Crippen LogP contribution in [0.1, 0.15) is 4.88 Å². The van der Waals surface area contributed by atoms with Gasteiger partial charge in [0.1, 0.15) is 0 Å². The molecule has 0 aliphatic heterocycles. The number of hydrogen-bond donors (Lipinski definition) is 1. The summed E-state index contributed by atoms with van der Waals surface area (Å²) in [5.41, 5.74) is 2.35. The number of benzene rings is 1. The molecule has 0 bridgehead atoms. The van der Waals surface area contributed by atoms with E-state index in [9.17, 15) is 0 Å². The van der Waals surface area contributed by atoms with Gasteiger partial charge in [-0.25, -0.2) is 0 Å². The van der Waals surface area contributed by atoms with Crippen molar-refractivity contribution in [1.82, 2.24) is 9.55 Å². The first-order valence-corrected chi connectivity index (χ1v) is 7.49. The van der Waals surface area contributed by atoms with Crippen LogP contribution >= 0.6 is 23.6 Å². The minimum absolute atomic E-state index is 0.787. The molecule has 0 fully saturated rings. The molecular formula is C15H14N2S2. The fourth-order valence-corrected chi connectivity index (χ4v) is 3.09. The molecule has 0 saturated heterocycles. The zero-order valence-electron chi connectivity index (χ0n) is 10.4. The molecule has 96 valence electrons. The summed E-state index contributed by atoms with van der Waals surface area (Å²) in [5.74, 6) is 0. The average molecular weight is 286 g/mol. The number of H-pyrrole nitrogens is 1. The van der Waals surface area contributed by atoms with Gasteiger partial charge in [-0.2, -0.15) is 0 Å². The van der Waals surface area contributed by atoms with Gasteiger partial charge in [0.05, 0.1) is 5.69 Å². The van der Waals surface area contributed by atoms with Gasteiger partial charge in [-0.3, -0.25) is 0 Å². The first kappa shape index (κ1) is 12.4. The maximum atomic E-state index is 5.38. The molecule has 0 radical (unpaired) electrons. The zero-order chi connectivity index (χ0) is 13.1. The van der Waals surface area contributed by atoms with E-state index in [4.69, 9.17) is 12.2 Å². The summed E-state index contributed by atoms with van der Waals surface area (Å²) in [4.78, 5) is 4.54. The number of thiophene rings is 1. The molecule has 0 amide bonds. The predicted octanol–water partition coefficient (Wildman–Crippen LogP) is 4.52. The van der Waals surface area contributed by atoms with E-state index in [1.54, 1.807) is 11.3 Å². The highest BCUT2D eigenvalue weighted by Gasteiger charge is 2.06. The Balaban J connectivity index is 1.89. The highest BCUT2D eigenvalue weighted by atomic mass is 32.1. The van der Waals surface area contributed by atoms with Crippen LogP contribution in [0.25, 0.3) is 11.3 Å². The summed E-state index contributed by atoms with van der Waals surface area (Å²) >= 11 is 7.17. The van der Waals surface area contributed by atoms with Crippen LogP contribution in [-0.4, -0.2) is 9.55 Å². The lowest BCUT2D eigenvalue weighted by Gasteiger charge is -2.07. The number of aryl methyl sites for hydroxylation is 1. The highest BCUT2D eigenvalue weighted by molar-refractivity contribution is 7.71. The normalized spacial score (nSPS) is 10.7. The summed E-state index contributed by atoms with van der Waals surface area (Å²) in [6.45, 7) is 0.910. The fraction of sp³-hybridized carbons (Fsp3) is 0.133. The van der Waals surface area contributed by atoms with Crippen LogP contribution < -0.4 is 0 Å². The maximum Gasteiger partial charge on any atom is 0.177 e. The first-order chi connectivity index (χ1) is 9.34. The Morgan fingerprint density at radius 1 is 1.11 bits per heavy atom. The fourth-order valence-electron chi connectivity index (χ4n) is 2.14. The molecule has 3 rings (SSSR count). The quantitative estimate of drug-likeness (QED) is 0.699. The third kappa shape index (κ3) is 2.69. The number of imidazole rings is 1. The van der Waals surface area contributed by atoms with E-state index >= 15 is 0 Å². The third-order valence-corrected chi connectivity index (χ3v) is 4.37. The Kier molecular flexibility index (Phi) is 3.62. The zero-order valence-corrected chi connectivity index (χ0v) is 12.0. The van der Waals surface area contributed by atoms with E-state index < -0.39 is 0 Å². The van der Waals surface area contributed by atoms with Gasteiger partial charge < -0.3 is 9.55 Å². The van der Waals surface area contributed by atoms with Crippen molar-refractivity contribution >= 4 is 23.6 Å². The summed E-state index contributed by atoms with van der Waals surface area (Å²) in [7, 11) is 0. The van der Waals surface area contributed by atoms with Gasteiger partial charge in [0.25, 0.3) is 0 Å². The predicted molar refractivity (Wildman–Crippen MR) is 83.1 cm³/mol. The van der Waals surface area contributed by atoms with Crippen LogP contribution in [0.5, 0.6) is 0 Å². The van der Waals surface area contributed by atoms with Crippen molar-refractivity contribution in [3.8, 4) is 11.3 Å². The molecule has 0 atom stereocenters. The second-order valence-electron chi connectivity index (χ2n) is 4.33. The maximum absolute atomic E-state index is 5.38. The summed E-state index contributed by atoms with van der Waals surface area (Å²) < 4.78 is 2.96. The van der Waals surface area contributed by atoms with Crippen molar-refractivity contribution < 1.29 is 0 Å². The van der Waals surface area contributed by atoms with Crippen LogP contribution in [0, 0.1) is 4.77 Å². The molecule has 2 heterocycles. The monoisotopic (exact) mass is 286 g/mol. The number of aromatic amines is 1. The van der Waals surface area contributed by atoms with Crippen molar-refractivity contribution in [2.24, 2.45) is 0 Å². The standard InChI is InChI=1S/C15H14N2S2/c18-15-16-11-14(12-5-2-1-3-6-12)17(15)9-8-13-7-4-10-19-13/h1-7,10-11H,8-9H2,(H,16,18). The third-order valence-electron chi connectivity index (χ3n) is 3.10. The van der Waals surface area contributed by atoms with E-state index in [1.165, 1.54) is 10.4 Å². The Labute approximate surface area is 121 Å². The number of nitrogens with one attached hydrogen (secondary N) is 1. The number of aromatic nitrogens is 2. The Morgan fingerprint density at radius 2 is 1.95 bits per heavy atom. The van der Waals surface area contributed by atoms with Crippen molar-refractivity contribution in [2.45, 2.75) is 13.0 Å². The molecule has 1 N–H and O–H groups in total. The molecule has 0 aliphatic rings. The van der Waals surface area contributed by atoms with E-state index in [2.05, 4.69) is 51.3 Å². The SMILES string of the molecule is S=c1[nH]cc(-c2ccccc2)n1CCc1cccs1. The van der Waals surface area contributed by atoms with Gasteiger partial charge in [0.2, 0.25) is 0 Å². The lowest BCUT2D eigenvalue weighted by Crippen LogP contribution is -2.02. The summed E-state index contributed by atoms with van der Waals surface area (Å²) in [6, 6.07) is 14.6. The Morgan fingerprint density at radius 3 is 2.68 bits per heavy atom. The number of hydrogen-bond acceptors (Lipinski definition) is 2. The molecular weight excluding hydrogens is 272 g/mol. The molecule has 1 aromatic carbocycles. The Bertz CT molecular complexity index is 693. The number of rotatable bonds is 4. The van der Waals surface area contributed by atoms with Gasteiger partial charge >= 0.3 is 0 Å². The van der Waals surface area contributed by atoms with Gasteiger partial charge in [-0.1, -0.05) is 36.4 Å². The molecule has 19 heavy (non-hydrogen) atoms.